The molecule has 0 unspecified atom stereocenters. The molecule has 26 heavy (non-hydrogen) atoms. The van der Waals surface area contributed by atoms with Gasteiger partial charge in [0, 0.05) is 25.3 Å². The lowest BCUT2D eigenvalue weighted by atomic mass is 10.2. The zero-order valence-electron chi connectivity index (χ0n) is 15.1. The smallest absolute Gasteiger partial charge is 0.281 e. The first kappa shape index (κ1) is 16.4. The topological polar surface area (TPSA) is 83.2 Å². The number of rotatable bonds is 4. The SMILES string of the molecule is CCCn1c(Nc2ccc3c(c2)OCCO3)nc2c(C)nn(C)c2c1=O. The van der Waals surface area contributed by atoms with Gasteiger partial charge < -0.3 is 14.8 Å². The molecule has 3 heterocycles. The minimum atomic E-state index is -0.0972. The van der Waals surface area contributed by atoms with Gasteiger partial charge in [-0.05, 0) is 25.5 Å². The van der Waals surface area contributed by atoms with Crippen LogP contribution in [0.15, 0.2) is 23.0 Å². The maximum absolute atomic E-state index is 13.0. The van der Waals surface area contributed by atoms with Gasteiger partial charge in [0.1, 0.15) is 18.7 Å². The van der Waals surface area contributed by atoms with Crippen molar-refractivity contribution in [2.75, 3.05) is 18.5 Å². The quantitative estimate of drug-likeness (QED) is 0.774. The van der Waals surface area contributed by atoms with E-state index < -0.39 is 0 Å². The molecule has 136 valence electrons. The summed E-state index contributed by atoms with van der Waals surface area (Å²) in [5.74, 6) is 1.90. The highest BCUT2D eigenvalue weighted by Gasteiger charge is 2.18. The summed E-state index contributed by atoms with van der Waals surface area (Å²) in [4.78, 5) is 17.7. The van der Waals surface area contributed by atoms with E-state index >= 15 is 0 Å². The molecule has 1 aliphatic heterocycles. The zero-order chi connectivity index (χ0) is 18.3. The van der Waals surface area contributed by atoms with Gasteiger partial charge in [0.05, 0.1) is 5.69 Å². The largest absolute Gasteiger partial charge is 0.486 e. The molecule has 4 rings (SSSR count). The summed E-state index contributed by atoms with van der Waals surface area (Å²) in [5.41, 5.74) is 2.55. The van der Waals surface area contributed by atoms with Crippen LogP contribution < -0.4 is 20.3 Å². The van der Waals surface area contributed by atoms with E-state index in [4.69, 9.17) is 9.47 Å². The van der Waals surface area contributed by atoms with Gasteiger partial charge >= 0.3 is 0 Å². The fourth-order valence-corrected chi connectivity index (χ4v) is 3.19. The summed E-state index contributed by atoms with van der Waals surface area (Å²) in [5, 5.41) is 7.59. The van der Waals surface area contributed by atoms with Crippen molar-refractivity contribution in [2.24, 2.45) is 7.05 Å². The third-order valence-corrected chi connectivity index (χ3v) is 4.36. The molecule has 8 nitrogen and oxygen atoms in total. The van der Waals surface area contributed by atoms with Crippen molar-refractivity contribution >= 4 is 22.7 Å². The average molecular weight is 355 g/mol. The fourth-order valence-electron chi connectivity index (χ4n) is 3.19. The first-order chi connectivity index (χ1) is 12.6. The van der Waals surface area contributed by atoms with E-state index in [1.165, 1.54) is 0 Å². The van der Waals surface area contributed by atoms with E-state index in [0.29, 0.717) is 42.5 Å². The number of nitrogens with zero attached hydrogens (tertiary/aromatic N) is 4. The molecule has 8 heteroatoms. The molecule has 0 amide bonds. The second kappa shape index (κ2) is 6.36. The Balaban J connectivity index is 1.81. The predicted molar refractivity (Wildman–Crippen MR) is 98.5 cm³/mol. The summed E-state index contributed by atoms with van der Waals surface area (Å²) in [6, 6.07) is 5.60. The lowest BCUT2D eigenvalue weighted by Gasteiger charge is -2.19. The van der Waals surface area contributed by atoms with Crippen molar-refractivity contribution in [1.82, 2.24) is 19.3 Å². The number of ether oxygens (including phenoxy) is 2. The summed E-state index contributed by atoms with van der Waals surface area (Å²) in [6.45, 7) is 5.52. The van der Waals surface area contributed by atoms with Crippen molar-refractivity contribution in [2.45, 2.75) is 26.8 Å². The van der Waals surface area contributed by atoms with Crippen LogP contribution in [0.5, 0.6) is 11.5 Å². The first-order valence-electron chi connectivity index (χ1n) is 8.69. The predicted octanol–water partition coefficient (Wildman–Crippen LogP) is 2.36. The van der Waals surface area contributed by atoms with E-state index in [2.05, 4.69) is 15.4 Å². The van der Waals surface area contributed by atoms with Crippen LogP contribution in [0.1, 0.15) is 19.0 Å². The van der Waals surface area contributed by atoms with Gasteiger partial charge in [0.15, 0.2) is 17.0 Å². The Morgan fingerprint density at radius 1 is 1.23 bits per heavy atom. The Hall–Kier alpha value is -3.03. The lowest BCUT2D eigenvalue weighted by Crippen LogP contribution is -2.25. The van der Waals surface area contributed by atoms with Crippen molar-refractivity contribution in [3.8, 4) is 11.5 Å². The van der Waals surface area contributed by atoms with Crippen LogP contribution in [0, 0.1) is 6.92 Å². The Morgan fingerprint density at radius 2 is 2.00 bits per heavy atom. The van der Waals surface area contributed by atoms with Crippen molar-refractivity contribution in [1.29, 1.82) is 0 Å². The van der Waals surface area contributed by atoms with Crippen LogP contribution >= 0.6 is 0 Å². The molecule has 0 radical (unpaired) electrons. The number of hydrogen-bond acceptors (Lipinski definition) is 6. The standard InChI is InChI=1S/C18H21N5O3/c1-4-7-23-17(24)16-15(11(2)21-22(16)3)20-18(23)19-12-5-6-13-14(10-12)26-9-8-25-13/h5-6,10H,4,7-9H2,1-3H3,(H,19,20). The van der Waals surface area contributed by atoms with Crippen LogP contribution in [0.4, 0.5) is 11.6 Å². The molecule has 0 bridgehead atoms. The van der Waals surface area contributed by atoms with E-state index in [0.717, 1.165) is 23.6 Å². The maximum atomic E-state index is 13.0. The number of benzene rings is 1. The fraction of sp³-hybridized carbons (Fsp3) is 0.389. The minimum absolute atomic E-state index is 0.0972. The van der Waals surface area contributed by atoms with E-state index in [1.807, 2.05) is 32.0 Å². The summed E-state index contributed by atoms with van der Waals surface area (Å²) in [7, 11) is 1.77. The van der Waals surface area contributed by atoms with Gasteiger partial charge in [-0.1, -0.05) is 6.92 Å². The summed E-state index contributed by atoms with van der Waals surface area (Å²) >= 11 is 0. The van der Waals surface area contributed by atoms with E-state index in [1.54, 1.807) is 16.3 Å². The molecule has 1 aromatic carbocycles. The highest BCUT2D eigenvalue weighted by molar-refractivity contribution is 5.78. The second-order valence-electron chi connectivity index (χ2n) is 6.28. The van der Waals surface area contributed by atoms with Gasteiger partial charge in [-0.15, -0.1) is 0 Å². The van der Waals surface area contributed by atoms with Crippen LogP contribution in [0.2, 0.25) is 0 Å². The monoisotopic (exact) mass is 355 g/mol. The maximum Gasteiger partial charge on any atom is 0.281 e. The number of hydrogen-bond donors (Lipinski definition) is 1. The molecular formula is C18H21N5O3. The van der Waals surface area contributed by atoms with Crippen molar-refractivity contribution < 1.29 is 9.47 Å². The number of anilines is 2. The van der Waals surface area contributed by atoms with E-state index in [-0.39, 0.29) is 5.56 Å². The lowest BCUT2D eigenvalue weighted by molar-refractivity contribution is 0.171. The van der Waals surface area contributed by atoms with Gasteiger partial charge in [0.25, 0.3) is 5.56 Å². The highest BCUT2D eigenvalue weighted by atomic mass is 16.6. The molecule has 1 N–H and O–H groups in total. The number of aromatic nitrogens is 4. The van der Waals surface area contributed by atoms with Crippen LogP contribution in [0.25, 0.3) is 11.0 Å². The molecule has 0 saturated carbocycles. The van der Waals surface area contributed by atoms with E-state index in [9.17, 15) is 4.79 Å². The molecule has 3 aromatic rings. The Kier molecular flexibility index (Phi) is 4.02. The normalized spacial score (nSPS) is 13.2. The Labute approximate surface area is 150 Å². The third kappa shape index (κ3) is 2.67. The van der Waals surface area contributed by atoms with Gasteiger partial charge in [0.2, 0.25) is 5.95 Å². The molecule has 2 aromatic heterocycles. The van der Waals surface area contributed by atoms with Crippen molar-refractivity contribution in [3.05, 3.63) is 34.2 Å². The second-order valence-corrected chi connectivity index (χ2v) is 6.28. The van der Waals surface area contributed by atoms with Crippen LogP contribution in [-0.4, -0.2) is 32.5 Å². The molecule has 0 aliphatic carbocycles. The zero-order valence-corrected chi connectivity index (χ0v) is 15.1. The van der Waals surface area contributed by atoms with Crippen LogP contribution in [-0.2, 0) is 13.6 Å². The molecule has 0 fully saturated rings. The summed E-state index contributed by atoms with van der Waals surface area (Å²) in [6.07, 6.45) is 0.819. The number of aryl methyl sites for hydroxylation is 2. The van der Waals surface area contributed by atoms with Crippen molar-refractivity contribution in [3.63, 3.8) is 0 Å². The molecule has 1 aliphatic rings. The van der Waals surface area contributed by atoms with Gasteiger partial charge in [-0.3, -0.25) is 14.0 Å². The van der Waals surface area contributed by atoms with Crippen LogP contribution in [0.3, 0.4) is 0 Å². The molecule has 0 spiro atoms. The number of fused-ring (bicyclic) bond motifs is 2. The average Bonchev–Trinajstić information content (AvgIpc) is 2.92. The minimum Gasteiger partial charge on any atom is -0.486 e. The third-order valence-electron chi connectivity index (χ3n) is 4.36. The molecule has 0 saturated heterocycles. The summed E-state index contributed by atoms with van der Waals surface area (Å²) < 4.78 is 14.4. The Morgan fingerprint density at radius 3 is 2.77 bits per heavy atom. The Bertz CT molecular complexity index is 1040. The van der Waals surface area contributed by atoms with Gasteiger partial charge in [-0.2, -0.15) is 5.10 Å². The first-order valence-corrected chi connectivity index (χ1v) is 8.69. The molecule has 0 atom stereocenters. The highest BCUT2D eigenvalue weighted by Crippen LogP contribution is 2.33. The van der Waals surface area contributed by atoms with Gasteiger partial charge in [-0.25, -0.2) is 4.98 Å². The molecular weight excluding hydrogens is 334 g/mol. The number of nitrogens with one attached hydrogen (secondary N) is 1.